The van der Waals surface area contributed by atoms with E-state index in [1.165, 1.54) is 31.4 Å². The second-order valence-electron chi connectivity index (χ2n) is 13.6. The molecule has 10 heteroatoms. The van der Waals surface area contributed by atoms with Crippen molar-refractivity contribution >= 4 is 11.6 Å². The molecular weight excluding hydrogens is 573 g/mol. The maximum Gasteiger partial charge on any atom is 0.185 e. The molecule has 1 saturated carbocycles. The molecule has 0 bridgehead atoms. The van der Waals surface area contributed by atoms with Crippen molar-refractivity contribution in [1.29, 1.82) is 0 Å². The first-order valence-corrected chi connectivity index (χ1v) is 15.0. The molecule has 1 aliphatic carbocycles. The van der Waals surface area contributed by atoms with Crippen molar-refractivity contribution in [3.8, 4) is 17.1 Å². The molecule has 44 heavy (non-hydrogen) atoms. The number of aliphatic hydroxyl groups is 1. The summed E-state index contributed by atoms with van der Waals surface area (Å²) < 4.78 is 53.0. The molecule has 1 aromatic heterocycles. The summed E-state index contributed by atoms with van der Waals surface area (Å²) in [4.78, 5) is 29.4. The molecule has 7 nitrogen and oxygen atoms in total. The van der Waals surface area contributed by atoms with Gasteiger partial charge in [-0.25, -0.2) is 13.2 Å². The van der Waals surface area contributed by atoms with Crippen LogP contribution < -0.4 is 4.74 Å². The number of hydrogen-bond donors (Lipinski definition) is 1. The molecule has 5 rings (SSSR count). The molecule has 0 amide bonds. The van der Waals surface area contributed by atoms with Crippen LogP contribution in [-0.2, 0) is 10.2 Å². The van der Waals surface area contributed by atoms with Gasteiger partial charge in [0.25, 0.3) is 0 Å². The molecular formula is C34H39F3N2O5. The lowest BCUT2D eigenvalue weighted by Gasteiger charge is -2.55. The van der Waals surface area contributed by atoms with Crippen LogP contribution in [0.5, 0.6) is 5.75 Å². The number of ketones is 2. The van der Waals surface area contributed by atoms with E-state index in [0.717, 1.165) is 25.0 Å². The SMILES string of the molecule is COc1ccc(F)c(C(C)(C)CC(=O)CC2(CC(=O)c3cc(-c4ccc(F)cc4F)on3)CN(C3CCC(C)(O)CC3)C2)c1. The van der Waals surface area contributed by atoms with E-state index in [4.69, 9.17) is 9.26 Å². The van der Waals surface area contributed by atoms with Crippen LogP contribution >= 0.6 is 0 Å². The van der Waals surface area contributed by atoms with Crippen LogP contribution in [0.4, 0.5) is 13.2 Å². The number of carbonyl (C=O) groups is 2. The highest BCUT2D eigenvalue weighted by Crippen LogP contribution is 2.44. The smallest absolute Gasteiger partial charge is 0.185 e. The number of aromatic nitrogens is 1. The molecule has 2 aromatic carbocycles. The number of likely N-dealkylation sites (tertiary alicyclic amines) is 1. The predicted octanol–water partition coefficient (Wildman–Crippen LogP) is 6.66. The van der Waals surface area contributed by atoms with Gasteiger partial charge < -0.3 is 14.4 Å². The fraction of sp³-hybridized carbons (Fsp3) is 0.500. The van der Waals surface area contributed by atoms with Crippen molar-refractivity contribution in [2.45, 2.75) is 82.8 Å². The lowest BCUT2D eigenvalue weighted by molar-refractivity contribution is -0.128. The van der Waals surface area contributed by atoms with Gasteiger partial charge in [0.2, 0.25) is 0 Å². The minimum Gasteiger partial charge on any atom is -0.497 e. The normalized spacial score (nSPS) is 22.0. The molecule has 0 unspecified atom stereocenters. The average Bonchev–Trinajstić information content (AvgIpc) is 3.41. The van der Waals surface area contributed by atoms with Crippen LogP contribution in [0.2, 0.25) is 0 Å². The number of ether oxygens (including phenoxy) is 1. The summed E-state index contributed by atoms with van der Waals surface area (Å²) in [5.74, 6) is -1.93. The standard InChI is InChI=1S/C34H39F3N2O5/c1-32(2,26-14-24(43-4)6-8-27(26)36)16-23(40)17-34(19-39(20-34)22-9-11-33(3,42)12-10-22)18-30(41)29-15-31(44-38-29)25-7-5-21(35)13-28(25)37/h5-8,13-15,22,42H,9-12,16-20H2,1-4H3. The van der Waals surface area contributed by atoms with E-state index in [9.17, 15) is 27.9 Å². The Morgan fingerprint density at radius 2 is 1.75 bits per heavy atom. The molecule has 2 heterocycles. The van der Waals surface area contributed by atoms with E-state index < -0.39 is 33.9 Å². The fourth-order valence-electron chi connectivity index (χ4n) is 6.82. The highest BCUT2D eigenvalue weighted by Gasteiger charge is 2.49. The van der Waals surface area contributed by atoms with Gasteiger partial charge in [-0.1, -0.05) is 19.0 Å². The van der Waals surface area contributed by atoms with Gasteiger partial charge >= 0.3 is 0 Å². The summed E-state index contributed by atoms with van der Waals surface area (Å²) >= 11 is 0. The number of Topliss-reactive ketones (excluding diaryl/α,β-unsaturated/α-hetero) is 2. The Morgan fingerprint density at radius 1 is 1.05 bits per heavy atom. The van der Waals surface area contributed by atoms with Gasteiger partial charge in [-0.05, 0) is 73.9 Å². The summed E-state index contributed by atoms with van der Waals surface area (Å²) in [6, 6.07) is 9.09. The molecule has 0 spiro atoms. The number of hydrogen-bond acceptors (Lipinski definition) is 7. The van der Waals surface area contributed by atoms with Gasteiger partial charge in [-0.2, -0.15) is 0 Å². The van der Waals surface area contributed by atoms with Crippen LogP contribution in [0.15, 0.2) is 47.0 Å². The second kappa shape index (κ2) is 12.1. The highest BCUT2D eigenvalue weighted by atomic mass is 19.1. The van der Waals surface area contributed by atoms with Crippen molar-refractivity contribution in [2.75, 3.05) is 20.2 Å². The molecule has 2 aliphatic rings. The van der Waals surface area contributed by atoms with Crippen molar-refractivity contribution < 1.29 is 37.1 Å². The van der Waals surface area contributed by atoms with Gasteiger partial charge in [0, 0.05) is 55.9 Å². The van der Waals surface area contributed by atoms with E-state index in [1.54, 1.807) is 6.07 Å². The number of carbonyl (C=O) groups excluding carboxylic acids is 2. The number of rotatable bonds is 11. The lowest BCUT2D eigenvalue weighted by Crippen LogP contribution is -2.62. The van der Waals surface area contributed by atoms with Gasteiger partial charge in [-0.3, -0.25) is 14.5 Å². The summed E-state index contributed by atoms with van der Waals surface area (Å²) in [7, 11) is 1.50. The minimum atomic E-state index is -0.835. The predicted molar refractivity (Wildman–Crippen MR) is 158 cm³/mol. The maximum absolute atomic E-state index is 14.8. The third kappa shape index (κ3) is 6.91. The third-order valence-electron chi connectivity index (χ3n) is 9.27. The Labute approximate surface area is 255 Å². The van der Waals surface area contributed by atoms with Crippen LogP contribution in [0, 0.1) is 22.9 Å². The molecule has 0 radical (unpaired) electrons. The largest absolute Gasteiger partial charge is 0.497 e. The van der Waals surface area contributed by atoms with E-state index in [-0.39, 0.29) is 53.9 Å². The Bertz CT molecular complexity index is 1530. The van der Waals surface area contributed by atoms with E-state index in [2.05, 4.69) is 10.1 Å². The molecule has 236 valence electrons. The quantitative estimate of drug-likeness (QED) is 0.242. The van der Waals surface area contributed by atoms with Crippen molar-refractivity contribution in [3.63, 3.8) is 0 Å². The Hall–Kier alpha value is -3.50. The molecule has 1 N–H and O–H groups in total. The van der Waals surface area contributed by atoms with E-state index >= 15 is 0 Å². The first kappa shape index (κ1) is 31.9. The molecule has 1 saturated heterocycles. The van der Waals surface area contributed by atoms with Gasteiger partial charge in [0.15, 0.2) is 11.5 Å². The van der Waals surface area contributed by atoms with Crippen LogP contribution in [0.1, 0.15) is 81.8 Å². The molecule has 1 aliphatic heterocycles. The van der Waals surface area contributed by atoms with Crippen molar-refractivity contribution in [3.05, 3.63) is 71.2 Å². The summed E-state index contributed by atoms with van der Waals surface area (Å²) in [6.45, 7) is 6.50. The molecule has 0 atom stereocenters. The summed E-state index contributed by atoms with van der Waals surface area (Å²) in [5, 5.41) is 14.3. The Balaban J connectivity index is 1.33. The third-order valence-corrected chi connectivity index (χ3v) is 9.27. The molecule has 2 fully saturated rings. The highest BCUT2D eigenvalue weighted by molar-refractivity contribution is 5.96. The number of methoxy groups -OCH3 is 1. The van der Waals surface area contributed by atoms with Gasteiger partial charge in [0.05, 0.1) is 18.3 Å². The summed E-state index contributed by atoms with van der Waals surface area (Å²) in [5.41, 5.74) is -1.81. The average molecular weight is 613 g/mol. The zero-order valence-electron chi connectivity index (χ0n) is 25.6. The van der Waals surface area contributed by atoms with Crippen LogP contribution in [-0.4, -0.2) is 58.6 Å². The summed E-state index contributed by atoms with van der Waals surface area (Å²) in [6.07, 6.45) is 3.21. The fourth-order valence-corrected chi connectivity index (χ4v) is 6.82. The topological polar surface area (TPSA) is 92.9 Å². The first-order valence-electron chi connectivity index (χ1n) is 15.0. The van der Waals surface area contributed by atoms with E-state index in [1.807, 2.05) is 20.8 Å². The number of benzene rings is 2. The van der Waals surface area contributed by atoms with Gasteiger partial charge in [-0.15, -0.1) is 0 Å². The minimum absolute atomic E-state index is 0.00138. The number of halogens is 3. The zero-order chi connectivity index (χ0) is 31.9. The van der Waals surface area contributed by atoms with Crippen molar-refractivity contribution in [1.82, 2.24) is 10.1 Å². The van der Waals surface area contributed by atoms with Crippen LogP contribution in [0.3, 0.4) is 0 Å². The Morgan fingerprint density at radius 3 is 2.41 bits per heavy atom. The zero-order valence-corrected chi connectivity index (χ0v) is 25.6. The number of nitrogens with zero attached hydrogens (tertiary/aromatic N) is 2. The van der Waals surface area contributed by atoms with Gasteiger partial charge in [0.1, 0.15) is 34.7 Å². The monoisotopic (exact) mass is 612 g/mol. The van der Waals surface area contributed by atoms with E-state index in [0.29, 0.717) is 37.2 Å². The van der Waals surface area contributed by atoms with Crippen molar-refractivity contribution in [2.24, 2.45) is 5.41 Å². The maximum atomic E-state index is 14.8. The Kier molecular flexibility index (Phi) is 8.79. The molecule has 3 aromatic rings. The van der Waals surface area contributed by atoms with Crippen LogP contribution in [0.25, 0.3) is 11.3 Å². The second-order valence-corrected chi connectivity index (χ2v) is 13.6. The first-order chi connectivity index (χ1) is 20.7. The lowest BCUT2D eigenvalue weighted by atomic mass is 9.68.